The normalized spacial score (nSPS) is 11.0. The van der Waals surface area contributed by atoms with Crippen LogP contribution in [-0.2, 0) is 21.2 Å². The van der Waals surface area contributed by atoms with Gasteiger partial charge in [-0.25, -0.2) is 13.4 Å². The van der Waals surface area contributed by atoms with Crippen molar-refractivity contribution < 1.29 is 18.0 Å². The Labute approximate surface area is 171 Å². The van der Waals surface area contributed by atoms with Crippen molar-refractivity contribution in [1.82, 2.24) is 4.98 Å². The summed E-state index contributed by atoms with van der Waals surface area (Å²) in [6.07, 6.45) is 0.529. The number of nitrogens with one attached hydrogen (secondary N) is 2. The van der Waals surface area contributed by atoms with Gasteiger partial charge in [0.2, 0.25) is 11.8 Å². The van der Waals surface area contributed by atoms with Crippen LogP contribution in [0.15, 0.2) is 64.9 Å². The van der Waals surface area contributed by atoms with E-state index in [4.69, 9.17) is 5.73 Å². The number of anilines is 2. The van der Waals surface area contributed by atoms with Gasteiger partial charge in [0, 0.05) is 23.1 Å². The second-order valence-electron chi connectivity index (χ2n) is 6.05. The van der Waals surface area contributed by atoms with Crippen LogP contribution in [-0.4, -0.2) is 25.2 Å². The summed E-state index contributed by atoms with van der Waals surface area (Å²) >= 11 is 1.15. The molecular formula is C19H18N4O4S2. The van der Waals surface area contributed by atoms with Gasteiger partial charge in [0.05, 0.1) is 10.6 Å². The molecule has 4 N–H and O–H groups in total. The van der Waals surface area contributed by atoms with Crippen LogP contribution in [0.2, 0.25) is 0 Å². The third-order valence-electron chi connectivity index (χ3n) is 3.89. The molecule has 1 aromatic heterocycles. The lowest BCUT2D eigenvalue weighted by Crippen LogP contribution is -2.14. The van der Waals surface area contributed by atoms with Gasteiger partial charge in [-0.1, -0.05) is 18.2 Å². The Morgan fingerprint density at radius 1 is 1.03 bits per heavy atom. The number of hydrogen-bond donors (Lipinski definition) is 3. The Kier molecular flexibility index (Phi) is 6.25. The summed E-state index contributed by atoms with van der Waals surface area (Å²) in [4.78, 5) is 27.5. The molecule has 2 amide bonds. The van der Waals surface area contributed by atoms with E-state index in [1.165, 1.54) is 24.3 Å². The molecule has 0 aliphatic rings. The highest BCUT2D eigenvalue weighted by atomic mass is 32.2. The molecule has 0 aliphatic carbocycles. The average molecular weight is 431 g/mol. The highest BCUT2D eigenvalue weighted by Crippen LogP contribution is 2.21. The first kappa shape index (κ1) is 20.5. The molecule has 0 radical (unpaired) electrons. The lowest BCUT2D eigenvalue weighted by molar-refractivity contribution is -0.116. The van der Waals surface area contributed by atoms with Crippen molar-refractivity contribution in [3.05, 3.63) is 71.2 Å². The molecule has 0 bridgehead atoms. The Hall–Kier alpha value is -3.24. The van der Waals surface area contributed by atoms with E-state index in [9.17, 15) is 18.0 Å². The summed E-state index contributed by atoms with van der Waals surface area (Å²) in [5.41, 5.74) is 6.69. The van der Waals surface area contributed by atoms with Gasteiger partial charge in [-0.2, -0.15) is 0 Å². The third kappa shape index (κ3) is 5.62. The topological polar surface area (TPSA) is 131 Å². The molecular weight excluding hydrogens is 412 g/mol. The maximum atomic E-state index is 12.3. The fourth-order valence-corrected chi connectivity index (χ4v) is 4.44. The third-order valence-corrected chi connectivity index (χ3v) is 6.18. The number of aromatic nitrogens is 1. The van der Waals surface area contributed by atoms with Crippen molar-refractivity contribution >= 4 is 44.0 Å². The maximum Gasteiger partial charge on any atom is 0.263 e. The zero-order valence-electron chi connectivity index (χ0n) is 15.2. The Morgan fingerprint density at radius 2 is 1.72 bits per heavy atom. The first-order chi connectivity index (χ1) is 13.8. The van der Waals surface area contributed by atoms with Crippen LogP contribution in [0.3, 0.4) is 0 Å². The molecule has 8 nitrogen and oxygen atoms in total. The Morgan fingerprint density at radius 3 is 2.38 bits per heavy atom. The molecule has 0 atom stereocenters. The predicted octanol–water partition coefficient (Wildman–Crippen LogP) is 2.61. The van der Waals surface area contributed by atoms with E-state index in [2.05, 4.69) is 15.0 Å². The van der Waals surface area contributed by atoms with Gasteiger partial charge < -0.3 is 11.1 Å². The number of thiazole rings is 1. The van der Waals surface area contributed by atoms with Crippen molar-refractivity contribution in [3.63, 3.8) is 0 Å². The van der Waals surface area contributed by atoms with Crippen molar-refractivity contribution in [2.45, 2.75) is 17.7 Å². The Balaban J connectivity index is 1.53. The zero-order valence-corrected chi connectivity index (χ0v) is 16.8. The molecule has 0 saturated carbocycles. The van der Waals surface area contributed by atoms with E-state index < -0.39 is 15.9 Å². The first-order valence-corrected chi connectivity index (χ1v) is 10.9. The van der Waals surface area contributed by atoms with Gasteiger partial charge in [-0.3, -0.25) is 14.3 Å². The van der Waals surface area contributed by atoms with Crippen LogP contribution >= 0.6 is 11.3 Å². The molecule has 3 rings (SSSR count). The molecule has 0 spiro atoms. The molecule has 150 valence electrons. The summed E-state index contributed by atoms with van der Waals surface area (Å²) in [7, 11) is -3.70. The van der Waals surface area contributed by atoms with E-state index >= 15 is 0 Å². The fourth-order valence-electron chi connectivity index (χ4n) is 2.43. The quantitative estimate of drug-likeness (QED) is 0.505. The number of rotatable bonds is 8. The predicted molar refractivity (Wildman–Crippen MR) is 111 cm³/mol. The van der Waals surface area contributed by atoms with E-state index in [-0.39, 0.29) is 22.4 Å². The number of carbonyl (C=O) groups is 2. The number of amides is 2. The average Bonchev–Trinajstić information content (AvgIpc) is 3.14. The molecule has 0 fully saturated rings. The molecule has 0 saturated heterocycles. The second-order valence-corrected chi connectivity index (χ2v) is 8.59. The minimum Gasteiger partial charge on any atom is -0.366 e. The van der Waals surface area contributed by atoms with Crippen LogP contribution in [0.1, 0.15) is 22.5 Å². The minimum atomic E-state index is -3.70. The number of carbonyl (C=O) groups excluding carboxylic acids is 2. The number of benzene rings is 2. The summed E-state index contributed by atoms with van der Waals surface area (Å²) in [6.45, 7) is 0. The molecule has 2 aromatic carbocycles. The second kappa shape index (κ2) is 8.84. The highest BCUT2D eigenvalue weighted by Gasteiger charge is 2.16. The molecule has 1 heterocycles. The summed E-state index contributed by atoms with van der Waals surface area (Å²) in [6, 6.07) is 14.3. The summed E-state index contributed by atoms with van der Waals surface area (Å²) in [5, 5.41) is 4.67. The van der Waals surface area contributed by atoms with Gasteiger partial charge in [0.15, 0.2) is 5.13 Å². The largest absolute Gasteiger partial charge is 0.366 e. The van der Waals surface area contributed by atoms with E-state index in [0.29, 0.717) is 23.4 Å². The molecule has 3 aromatic rings. The van der Waals surface area contributed by atoms with Crippen LogP contribution in [0.4, 0.5) is 10.8 Å². The monoisotopic (exact) mass is 430 g/mol. The number of aryl methyl sites for hydroxylation is 1. The number of hydrogen-bond acceptors (Lipinski definition) is 6. The SMILES string of the molecule is NC(=O)c1ccc(NC(=O)CCc2csc(NS(=O)(=O)c3ccccc3)n2)cc1. The lowest BCUT2D eigenvalue weighted by atomic mass is 10.2. The van der Waals surface area contributed by atoms with Gasteiger partial charge in [0.25, 0.3) is 10.0 Å². The van der Waals surface area contributed by atoms with Crippen LogP contribution in [0.5, 0.6) is 0 Å². The van der Waals surface area contributed by atoms with Gasteiger partial charge in [0.1, 0.15) is 0 Å². The van der Waals surface area contributed by atoms with Crippen molar-refractivity contribution in [2.75, 3.05) is 10.0 Å². The number of nitrogens with two attached hydrogens (primary N) is 1. The Bertz CT molecular complexity index is 1110. The standard InChI is InChI=1S/C19H18N4O4S2/c20-18(25)13-6-8-14(9-7-13)21-17(24)11-10-15-12-28-19(22-15)23-29(26,27)16-4-2-1-3-5-16/h1-9,12H,10-11H2,(H2,20,25)(H,21,24)(H,22,23). The van der Waals surface area contributed by atoms with Crippen LogP contribution in [0.25, 0.3) is 0 Å². The van der Waals surface area contributed by atoms with Gasteiger partial charge >= 0.3 is 0 Å². The number of nitrogens with zero attached hydrogens (tertiary/aromatic N) is 1. The zero-order chi connectivity index (χ0) is 20.9. The maximum absolute atomic E-state index is 12.3. The first-order valence-electron chi connectivity index (χ1n) is 8.55. The van der Waals surface area contributed by atoms with Gasteiger partial charge in [-0.05, 0) is 42.8 Å². The molecule has 0 aliphatic heterocycles. The summed E-state index contributed by atoms with van der Waals surface area (Å²) in [5.74, 6) is -0.763. The number of primary amides is 1. The number of sulfonamides is 1. The highest BCUT2D eigenvalue weighted by molar-refractivity contribution is 7.93. The van der Waals surface area contributed by atoms with Gasteiger partial charge in [-0.15, -0.1) is 11.3 Å². The molecule has 10 heteroatoms. The van der Waals surface area contributed by atoms with Crippen molar-refractivity contribution in [2.24, 2.45) is 5.73 Å². The minimum absolute atomic E-state index is 0.151. The van der Waals surface area contributed by atoms with Crippen molar-refractivity contribution in [3.8, 4) is 0 Å². The summed E-state index contributed by atoms with van der Waals surface area (Å²) < 4.78 is 27.1. The molecule has 0 unspecified atom stereocenters. The van der Waals surface area contributed by atoms with E-state index in [1.54, 1.807) is 35.7 Å². The lowest BCUT2D eigenvalue weighted by Gasteiger charge is -2.05. The van der Waals surface area contributed by atoms with Crippen LogP contribution < -0.4 is 15.8 Å². The molecule has 29 heavy (non-hydrogen) atoms. The smallest absolute Gasteiger partial charge is 0.263 e. The van der Waals surface area contributed by atoms with E-state index in [0.717, 1.165) is 11.3 Å². The van der Waals surface area contributed by atoms with Crippen LogP contribution in [0, 0.1) is 0 Å². The van der Waals surface area contributed by atoms with E-state index in [1.807, 2.05) is 0 Å². The van der Waals surface area contributed by atoms with Crippen molar-refractivity contribution in [1.29, 1.82) is 0 Å². The fraction of sp³-hybridized carbons (Fsp3) is 0.105.